The van der Waals surface area contributed by atoms with E-state index in [1.807, 2.05) is 18.4 Å². The normalized spacial score (nSPS) is 16.2. The fourth-order valence-electron chi connectivity index (χ4n) is 1.76. The maximum atomic E-state index is 10.9. The molecule has 14 heavy (non-hydrogen) atoms. The third kappa shape index (κ3) is 1.41. The second kappa shape index (κ2) is 3.12. The molecule has 0 atom stereocenters. The van der Waals surface area contributed by atoms with Crippen LogP contribution >= 0.6 is 0 Å². The first-order chi connectivity index (χ1) is 6.61. The van der Waals surface area contributed by atoms with Crippen molar-refractivity contribution >= 4 is 5.97 Å². The van der Waals surface area contributed by atoms with Crippen LogP contribution in [0.2, 0.25) is 0 Å². The molecule has 1 saturated carbocycles. The predicted octanol–water partition coefficient (Wildman–Crippen LogP) is 2.04. The summed E-state index contributed by atoms with van der Waals surface area (Å²) in [6, 6.07) is 0.166. The van der Waals surface area contributed by atoms with Crippen molar-refractivity contribution in [3.8, 4) is 0 Å². The van der Waals surface area contributed by atoms with Crippen LogP contribution in [-0.4, -0.2) is 20.6 Å². The molecule has 1 N–H and O–H groups in total. The van der Waals surface area contributed by atoms with Crippen LogP contribution < -0.4 is 0 Å². The molecule has 0 aliphatic heterocycles. The summed E-state index contributed by atoms with van der Waals surface area (Å²) in [5.74, 6) is -0.231. The summed E-state index contributed by atoms with van der Waals surface area (Å²) in [5, 5.41) is 8.95. The van der Waals surface area contributed by atoms with Crippen LogP contribution in [0.5, 0.6) is 0 Å². The first-order valence-electron chi connectivity index (χ1n) is 4.91. The maximum Gasteiger partial charge on any atom is 0.372 e. The highest BCUT2D eigenvalue weighted by Gasteiger charge is 2.30. The maximum absolute atomic E-state index is 10.9. The first kappa shape index (κ1) is 9.24. The SMILES string of the molecule is CC(C)n1c(C2CC2)cnc1C(=O)O. The minimum atomic E-state index is -0.939. The van der Waals surface area contributed by atoms with Gasteiger partial charge in [0, 0.05) is 23.9 Å². The lowest BCUT2D eigenvalue weighted by Crippen LogP contribution is -2.13. The van der Waals surface area contributed by atoms with Crippen molar-refractivity contribution in [1.82, 2.24) is 9.55 Å². The van der Waals surface area contributed by atoms with Gasteiger partial charge < -0.3 is 9.67 Å². The summed E-state index contributed by atoms with van der Waals surface area (Å²) in [5.41, 5.74) is 1.08. The van der Waals surface area contributed by atoms with E-state index in [9.17, 15) is 4.79 Å². The van der Waals surface area contributed by atoms with Crippen LogP contribution in [-0.2, 0) is 0 Å². The number of carboxylic acids is 1. The molecule has 0 aromatic carbocycles. The molecule has 76 valence electrons. The van der Waals surface area contributed by atoms with E-state index in [0.29, 0.717) is 5.92 Å². The number of nitrogens with zero attached hydrogens (tertiary/aromatic N) is 2. The fourth-order valence-corrected chi connectivity index (χ4v) is 1.76. The number of imidazole rings is 1. The van der Waals surface area contributed by atoms with Crippen LogP contribution in [0, 0.1) is 0 Å². The quantitative estimate of drug-likeness (QED) is 0.801. The van der Waals surface area contributed by atoms with Gasteiger partial charge >= 0.3 is 5.97 Å². The van der Waals surface area contributed by atoms with Gasteiger partial charge in [-0.3, -0.25) is 0 Å². The second-order valence-electron chi connectivity index (χ2n) is 4.05. The van der Waals surface area contributed by atoms with Gasteiger partial charge in [0.15, 0.2) is 0 Å². The molecule has 1 heterocycles. The molecule has 1 aromatic heterocycles. The summed E-state index contributed by atoms with van der Waals surface area (Å²) in [4.78, 5) is 14.9. The molecular weight excluding hydrogens is 180 g/mol. The molecule has 1 aromatic rings. The highest BCUT2D eigenvalue weighted by atomic mass is 16.4. The fraction of sp³-hybridized carbons (Fsp3) is 0.600. The molecule has 1 aliphatic rings. The van der Waals surface area contributed by atoms with E-state index < -0.39 is 5.97 Å². The summed E-state index contributed by atoms with van der Waals surface area (Å²) in [6.07, 6.45) is 4.04. The van der Waals surface area contributed by atoms with Gasteiger partial charge in [-0.2, -0.15) is 0 Å². The third-order valence-electron chi connectivity index (χ3n) is 2.53. The van der Waals surface area contributed by atoms with Gasteiger partial charge in [-0.25, -0.2) is 9.78 Å². The van der Waals surface area contributed by atoms with E-state index in [-0.39, 0.29) is 11.9 Å². The van der Waals surface area contributed by atoms with Gasteiger partial charge in [-0.15, -0.1) is 0 Å². The minimum Gasteiger partial charge on any atom is -0.475 e. The Morgan fingerprint density at radius 2 is 2.29 bits per heavy atom. The van der Waals surface area contributed by atoms with Crippen LogP contribution in [0.25, 0.3) is 0 Å². The van der Waals surface area contributed by atoms with Gasteiger partial charge in [-0.1, -0.05) is 0 Å². The number of rotatable bonds is 3. The molecule has 4 nitrogen and oxygen atoms in total. The molecule has 0 spiro atoms. The monoisotopic (exact) mass is 194 g/mol. The van der Waals surface area contributed by atoms with E-state index in [1.54, 1.807) is 6.20 Å². The Labute approximate surface area is 82.6 Å². The Bertz CT molecular complexity index is 364. The predicted molar refractivity (Wildman–Crippen MR) is 51.5 cm³/mol. The zero-order chi connectivity index (χ0) is 10.3. The minimum absolute atomic E-state index is 0.166. The molecule has 4 heteroatoms. The molecule has 0 saturated heterocycles. The third-order valence-corrected chi connectivity index (χ3v) is 2.53. The van der Waals surface area contributed by atoms with E-state index >= 15 is 0 Å². The van der Waals surface area contributed by atoms with Gasteiger partial charge in [0.2, 0.25) is 5.82 Å². The average Bonchev–Trinajstić information content (AvgIpc) is 2.83. The van der Waals surface area contributed by atoms with Crippen molar-refractivity contribution < 1.29 is 9.90 Å². The molecule has 0 radical (unpaired) electrons. The largest absolute Gasteiger partial charge is 0.475 e. The summed E-state index contributed by atoms with van der Waals surface area (Å²) >= 11 is 0. The Kier molecular flexibility index (Phi) is 2.06. The van der Waals surface area contributed by atoms with E-state index in [4.69, 9.17) is 5.11 Å². The lowest BCUT2D eigenvalue weighted by atomic mass is 10.2. The topological polar surface area (TPSA) is 55.1 Å². The number of carbonyl (C=O) groups is 1. The van der Waals surface area contributed by atoms with Crippen molar-refractivity contribution in [2.24, 2.45) is 0 Å². The van der Waals surface area contributed by atoms with E-state index in [2.05, 4.69) is 4.98 Å². The number of hydrogen-bond acceptors (Lipinski definition) is 2. The van der Waals surface area contributed by atoms with Gasteiger partial charge in [0.25, 0.3) is 0 Å². The molecule has 1 fully saturated rings. The van der Waals surface area contributed by atoms with Crippen molar-refractivity contribution in [1.29, 1.82) is 0 Å². The summed E-state index contributed by atoms with van der Waals surface area (Å²) in [6.45, 7) is 3.97. The summed E-state index contributed by atoms with van der Waals surface area (Å²) in [7, 11) is 0. The van der Waals surface area contributed by atoms with Crippen molar-refractivity contribution in [3.05, 3.63) is 17.7 Å². The van der Waals surface area contributed by atoms with Crippen LogP contribution in [0.15, 0.2) is 6.20 Å². The molecule has 2 rings (SSSR count). The number of aromatic carboxylic acids is 1. The van der Waals surface area contributed by atoms with Gasteiger partial charge in [0.1, 0.15) is 0 Å². The van der Waals surface area contributed by atoms with Gasteiger partial charge in [0.05, 0.1) is 0 Å². The smallest absolute Gasteiger partial charge is 0.372 e. The number of hydrogen-bond donors (Lipinski definition) is 1. The molecule has 0 amide bonds. The van der Waals surface area contributed by atoms with Crippen molar-refractivity contribution in [3.63, 3.8) is 0 Å². The average molecular weight is 194 g/mol. The zero-order valence-electron chi connectivity index (χ0n) is 8.40. The Balaban J connectivity index is 2.46. The zero-order valence-corrected chi connectivity index (χ0v) is 8.40. The van der Waals surface area contributed by atoms with Crippen molar-refractivity contribution in [2.75, 3.05) is 0 Å². The van der Waals surface area contributed by atoms with Crippen LogP contribution in [0.4, 0.5) is 0 Å². The number of aromatic nitrogens is 2. The van der Waals surface area contributed by atoms with Crippen molar-refractivity contribution in [2.45, 2.75) is 38.6 Å². The van der Waals surface area contributed by atoms with Crippen LogP contribution in [0.3, 0.4) is 0 Å². The highest BCUT2D eigenvalue weighted by molar-refractivity contribution is 5.83. The Morgan fingerprint density at radius 3 is 2.71 bits per heavy atom. The highest BCUT2D eigenvalue weighted by Crippen LogP contribution is 2.41. The van der Waals surface area contributed by atoms with E-state index in [1.165, 1.54) is 0 Å². The Morgan fingerprint density at radius 1 is 1.64 bits per heavy atom. The van der Waals surface area contributed by atoms with Crippen LogP contribution in [0.1, 0.15) is 55.0 Å². The number of carboxylic acid groups (broad SMARTS) is 1. The molecule has 1 aliphatic carbocycles. The standard InChI is InChI=1S/C10H14N2O2/c1-6(2)12-8(7-3-4-7)5-11-9(12)10(13)14/h5-7H,3-4H2,1-2H3,(H,13,14). The second-order valence-corrected chi connectivity index (χ2v) is 4.05. The lowest BCUT2D eigenvalue weighted by Gasteiger charge is -2.13. The summed E-state index contributed by atoms with van der Waals surface area (Å²) < 4.78 is 1.83. The van der Waals surface area contributed by atoms with Gasteiger partial charge in [-0.05, 0) is 26.7 Å². The molecule has 0 bridgehead atoms. The Hall–Kier alpha value is -1.32. The van der Waals surface area contributed by atoms with E-state index in [0.717, 1.165) is 18.5 Å². The molecule has 0 unspecified atom stereocenters. The molecular formula is C10H14N2O2. The first-order valence-corrected chi connectivity index (χ1v) is 4.91. The lowest BCUT2D eigenvalue weighted by molar-refractivity contribution is 0.0676.